The minimum absolute atomic E-state index is 0.0145. The molecule has 23 heavy (non-hydrogen) atoms. The van der Waals surface area contributed by atoms with Crippen LogP contribution in [0.1, 0.15) is 19.1 Å². The minimum Gasteiger partial charge on any atom is -0.508 e. The van der Waals surface area contributed by atoms with E-state index in [1.54, 1.807) is 24.5 Å². The summed E-state index contributed by atoms with van der Waals surface area (Å²) in [6.07, 6.45) is 3.74. The molecular formula is C15H14IN5O2. The number of anilines is 2. The number of ether oxygens (including phenoxy) is 1. The third-order valence-electron chi connectivity index (χ3n) is 3.72. The highest BCUT2D eigenvalue weighted by Crippen LogP contribution is 2.30. The van der Waals surface area contributed by atoms with Gasteiger partial charge in [-0.1, -0.05) is 6.07 Å². The molecule has 7 nitrogen and oxygen atoms in total. The van der Waals surface area contributed by atoms with Crippen LogP contribution in [0.25, 0.3) is 11.2 Å². The van der Waals surface area contributed by atoms with Gasteiger partial charge in [-0.25, -0.2) is 15.0 Å². The summed E-state index contributed by atoms with van der Waals surface area (Å²) in [6.45, 7) is 0.765. The van der Waals surface area contributed by atoms with Crippen LogP contribution in [0.5, 0.6) is 5.75 Å². The minimum atomic E-state index is -0.0145. The molecule has 1 atom stereocenters. The third-order valence-corrected chi connectivity index (χ3v) is 4.20. The first kappa shape index (κ1) is 14.6. The number of phenols is 1. The number of halogens is 1. The van der Waals surface area contributed by atoms with Crippen molar-refractivity contribution in [2.24, 2.45) is 0 Å². The highest BCUT2D eigenvalue weighted by molar-refractivity contribution is 14.1. The zero-order valence-corrected chi connectivity index (χ0v) is 14.3. The monoisotopic (exact) mass is 423 g/mol. The van der Waals surface area contributed by atoms with Crippen LogP contribution >= 0.6 is 22.6 Å². The standard InChI is InChI=1S/C15H14IN5O2/c16-15-19-13(18-9-3-1-4-10(22)7-9)12-14(20-15)21(8-17-12)11-5-2-6-23-11/h1,3-4,7-8,11,22H,2,5-6H2,(H,18,19,20). The Morgan fingerprint density at radius 2 is 2.26 bits per heavy atom. The number of nitrogens with zero attached hydrogens (tertiary/aromatic N) is 4. The highest BCUT2D eigenvalue weighted by atomic mass is 127. The average molecular weight is 423 g/mol. The Labute approximate surface area is 145 Å². The molecule has 0 radical (unpaired) electrons. The van der Waals surface area contributed by atoms with Crippen LogP contribution in [0.15, 0.2) is 30.6 Å². The quantitative estimate of drug-likeness (QED) is 0.497. The van der Waals surface area contributed by atoms with Gasteiger partial charge in [-0.3, -0.25) is 4.57 Å². The number of rotatable bonds is 3. The van der Waals surface area contributed by atoms with Crippen LogP contribution in [-0.2, 0) is 4.74 Å². The molecule has 0 spiro atoms. The van der Waals surface area contributed by atoms with Crippen molar-refractivity contribution in [1.82, 2.24) is 19.5 Å². The fourth-order valence-electron chi connectivity index (χ4n) is 2.69. The van der Waals surface area contributed by atoms with Gasteiger partial charge in [0.05, 0.1) is 6.33 Å². The molecule has 118 valence electrons. The van der Waals surface area contributed by atoms with E-state index in [4.69, 9.17) is 4.74 Å². The van der Waals surface area contributed by atoms with E-state index in [0.717, 1.165) is 30.8 Å². The van der Waals surface area contributed by atoms with Gasteiger partial charge in [-0.15, -0.1) is 0 Å². The molecule has 1 aromatic carbocycles. The second kappa shape index (κ2) is 5.93. The summed E-state index contributed by atoms with van der Waals surface area (Å²) in [6, 6.07) is 6.89. The van der Waals surface area contributed by atoms with Crippen LogP contribution in [-0.4, -0.2) is 31.2 Å². The van der Waals surface area contributed by atoms with Crippen molar-refractivity contribution in [1.29, 1.82) is 0 Å². The molecule has 1 aliphatic rings. The number of hydrogen-bond acceptors (Lipinski definition) is 6. The fourth-order valence-corrected chi connectivity index (χ4v) is 3.16. The molecule has 2 aromatic heterocycles. The zero-order valence-electron chi connectivity index (χ0n) is 12.1. The third kappa shape index (κ3) is 2.83. The molecule has 4 rings (SSSR count). The molecule has 0 saturated carbocycles. The zero-order chi connectivity index (χ0) is 15.8. The predicted molar refractivity (Wildman–Crippen MR) is 93.7 cm³/mol. The summed E-state index contributed by atoms with van der Waals surface area (Å²) in [4.78, 5) is 13.4. The van der Waals surface area contributed by atoms with Crippen LogP contribution < -0.4 is 5.32 Å². The van der Waals surface area contributed by atoms with E-state index in [-0.39, 0.29) is 12.0 Å². The second-order valence-electron chi connectivity index (χ2n) is 5.31. The Bertz CT molecular complexity index is 860. The fraction of sp³-hybridized carbons (Fsp3) is 0.267. The Kier molecular flexibility index (Phi) is 3.77. The molecule has 3 aromatic rings. The van der Waals surface area contributed by atoms with E-state index in [0.29, 0.717) is 15.2 Å². The van der Waals surface area contributed by atoms with Crippen molar-refractivity contribution in [3.05, 3.63) is 34.4 Å². The topological polar surface area (TPSA) is 85.1 Å². The highest BCUT2D eigenvalue weighted by Gasteiger charge is 2.22. The van der Waals surface area contributed by atoms with Gasteiger partial charge in [0.15, 0.2) is 20.8 Å². The van der Waals surface area contributed by atoms with Crippen molar-refractivity contribution in [3.8, 4) is 5.75 Å². The maximum atomic E-state index is 9.60. The van der Waals surface area contributed by atoms with Crippen molar-refractivity contribution >= 4 is 45.3 Å². The molecular weight excluding hydrogens is 409 g/mol. The predicted octanol–water partition coefficient (Wildman–Crippen LogP) is 3.19. The number of fused-ring (bicyclic) bond motifs is 1. The lowest BCUT2D eigenvalue weighted by Gasteiger charge is -2.12. The normalized spacial score (nSPS) is 17.7. The van der Waals surface area contributed by atoms with Gasteiger partial charge in [0.25, 0.3) is 0 Å². The molecule has 0 aliphatic carbocycles. The molecule has 0 amide bonds. The van der Waals surface area contributed by atoms with E-state index in [1.165, 1.54) is 0 Å². The number of benzene rings is 1. The van der Waals surface area contributed by atoms with Crippen molar-refractivity contribution in [3.63, 3.8) is 0 Å². The van der Waals surface area contributed by atoms with Gasteiger partial charge >= 0.3 is 0 Å². The number of hydrogen-bond donors (Lipinski definition) is 2. The molecule has 1 saturated heterocycles. The van der Waals surface area contributed by atoms with Gasteiger partial charge in [0, 0.05) is 41.0 Å². The van der Waals surface area contributed by atoms with Crippen molar-refractivity contribution in [2.75, 3.05) is 11.9 Å². The summed E-state index contributed by atoms with van der Waals surface area (Å²) in [5.74, 6) is 0.807. The lowest BCUT2D eigenvalue weighted by Crippen LogP contribution is -2.07. The summed E-state index contributed by atoms with van der Waals surface area (Å²) in [7, 11) is 0. The summed E-state index contributed by atoms with van der Waals surface area (Å²) < 4.78 is 8.31. The largest absolute Gasteiger partial charge is 0.508 e. The SMILES string of the molecule is Oc1cccc(Nc2nc(I)nc3c2ncn3C2CCCO2)c1. The molecule has 3 heterocycles. The van der Waals surface area contributed by atoms with Crippen LogP contribution in [0, 0.1) is 3.83 Å². The number of aromatic nitrogens is 4. The smallest absolute Gasteiger partial charge is 0.194 e. The Morgan fingerprint density at radius 3 is 3.04 bits per heavy atom. The van der Waals surface area contributed by atoms with Crippen molar-refractivity contribution < 1.29 is 9.84 Å². The van der Waals surface area contributed by atoms with Gasteiger partial charge in [0.2, 0.25) is 0 Å². The summed E-state index contributed by atoms with van der Waals surface area (Å²) >= 11 is 2.09. The molecule has 1 fully saturated rings. The maximum absolute atomic E-state index is 9.60. The van der Waals surface area contributed by atoms with E-state index >= 15 is 0 Å². The van der Waals surface area contributed by atoms with Gasteiger partial charge in [-0.2, -0.15) is 0 Å². The van der Waals surface area contributed by atoms with Crippen molar-refractivity contribution in [2.45, 2.75) is 19.1 Å². The van der Waals surface area contributed by atoms with E-state index in [2.05, 4.69) is 42.9 Å². The van der Waals surface area contributed by atoms with Gasteiger partial charge in [0.1, 0.15) is 12.0 Å². The van der Waals surface area contributed by atoms with E-state index in [9.17, 15) is 5.11 Å². The molecule has 8 heteroatoms. The Hall–Kier alpha value is -1.94. The first-order chi connectivity index (χ1) is 11.2. The molecule has 1 unspecified atom stereocenters. The molecule has 2 N–H and O–H groups in total. The van der Waals surface area contributed by atoms with Crippen LogP contribution in [0.4, 0.5) is 11.5 Å². The van der Waals surface area contributed by atoms with Crippen LogP contribution in [0.3, 0.4) is 0 Å². The number of aromatic hydroxyl groups is 1. The second-order valence-corrected chi connectivity index (χ2v) is 6.27. The average Bonchev–Trinajstić information content (AvgIpc) is 3.15. The Balaban J connectivity index is 1.77. The molecule has 1 aliphatic heterocycles. The lowest BCUT2D eigenvalue weighted by molar-refractivity contribution is 0.0592. The number of phenolic OH excluding ortho intramolecular Hbond substituents is 1. The van der Waals surface area contributed by atoms with Crippen LogP contribution in [0.2, 0.25) is 0 Å². The molecule has 0 bridgehead atoms. The van der Waals surface area contributed by atoms with E-state index < -0.39 is 0 Å². The van der Waals surface area contributed by atoms with Gasteiger partial charge in [-0.05, 0) is 25.0 Å². The van der Waals surface area contributed by atoms with E-state index in [1.807, 2.05) is 10.6 Å². The number of nitrogens with one attached hydrogen (secondary N) is 1. The summed E-state index contributed by atoms with van der Waals surface area (Å²) in [5.41, 5.74) is 2.18. The Morgan fingerprint density at radius 1 is 1.35 bits per heavy atom. The lowest BCUT2D eigenvalue weighted by atomic mass is 10.3. The first-order valence-corrected chi connectivity index (χ1v) is 8.36. The van der Waals surface area contributed by atoms with Gasteiger partial charge < -0.3 is 15.2 Å². The number of imidazole rings is 1. The summed E-state index contributed by atoms with van der Waals surface area (Å²) in [5, 5.41) is 12.8. The maximum Gasteiger partial charge on any atom is 0.194 e. The first-order valence-electron chi connectivity index (χ1n) is 7.28.